The van der Waals surface area contributed by atoms with E-state index < -0.39 is 0 Å². The van der Waals surface area contributed by atoms with E-state index in [1.165, 1.54) is 16.8 Å². The van der Waals surface area contributed by atoms with Gasteiger partial charge in [-0.25, -0.2) is 9.67 Å². The van der Waals surface area contributed by atoms with Crippen molar-refractivity contribution in [2.75, 3.05) is 26.2 Å². The minimum absolute atomic E-state index is 0.934. The molecule has 1 saturated heterocycles. The number of para-hydroxylation sites is 1. The summed E-state index contributed by atoms with van der Waals surface area (Å²) in [6, 6.07) is 20.7. The van der Waals surface area contributed by atoms with Gasteiger partial charge in [0.2, 0.25) is 0 Å². The van der Waals surface area contributed by atoms with E-state index in [4.69, 9.17) is 4.98 Å². The lowest BCUT2D eigenvalue weighted by atomic mass is 10.2. The van der Waals surface area contributed by atoms with Crippen molar-refractivity contribution in [1.82, 2.24) is 24.6 Å². The SMILES string of the molecule is c1ccc(-c2nc(CN3CCN(Cc4cnn(-c5ccccc5)c4)CC3)cs2)cc1. The van der Waals surface area contributed by atoms with E-state index >= 15 is 0 Å². The van der Waals surface area contributed by atoms with Gasteiger partial charge in [-0.15, -0.1) is 11.3 Å². The van der Waals surface area contributed by atoms with Crippen LogP contribution in [0, 0.1) is 0 Å². The fourth-order valence-corrected chi connectivity index (χ4v) is 4.67. The maximum Gasteiger partial charge on any atom is 0.123 e. The highest BCUT2D eigenvalue weighted by Crippen LogP contribution is 2.24. The first kappa shape index (κ1) is 19.2. The molecule has 1 aliphatic rings. The number of hydrogen-bond donors (Lipinski definition) is 0. The average molecular weight is 416 g/mol. The van der Waals surface area contributed by atoms with Gasteiger partial charge in [-0.3, -0.25) is 9.80 Å². The van der Waals surface area contributed by atoms with E-state index in [0.29, 0.717) is 0 Å². The fourth-order valence-electron chi connectivity index (χ4n) is 3.85. The van der Waals surface area contributed by atoms with Crippen LogP contribution in [0.5, 0.6) is 0 Å². The van der Waals surface area contributed by atoms with E-state index in [1.807, 2.05) is 35.1 Å². The van der Waals surface area contributed by atoms with E-state index in [2.05, 4.69) is 62.9 Å². The summed E-state index contributed by atoms with van der Waals surface area (Å²) in [5.41, 5.74) is 4.75. The van der Waals surface area contributed by atoms with Crippen molar-refractivity contribution in [1.29, 1.82) is 0 Å². The van der Waals surface area contributed by atoms with Gasteiger partial charge < -0.3 is 0 Å². The summed E-state index contributed by atoms with van der Waals surface area (Å²) in [5, 5.41) is 7.83. The Morgan fingerprint density at radius 2 is 1.47 bits per heavy atom. The number of rotatable bonds is 6. The quantitative estimate of drug-likeness (QED) is 0.470. The number of nitrogens with zero attached hydrogens (tertiary/aromatic N) is 5. The lowest BCUT2D eigenvalue weighted by Gasteiger charge is -2.34. The predicted octanol–water partition coefficient (Wildman–Crippen LogP) is 4.31. The van der Waals surface area contributed by atoms with E-state index in [-0.39, 0.29) is 0 Å². The van der Waals surface area contributed by atoms with Crippen LogP contribution in [-0.4, -0.2) is 50.7 Å². The van der Waals surface area contributed by atoms with Gasteiger partial charge >= 0.3 is 0 Å². The van der Waals surface area contributed by atoms with Crippen LogP contribution in [0.3, 0.4) is 0 Å². The third-order valence-electron chi connectivity index (χ3n) is 5.49. The van der Waals surface area contributed by atoms with Crippen LogP contribution in [0.2, 0.25) is 0 Å². The largest absolute Gasteiger partial charge is 0.296 e. The minimum Gasteiger partial charge on any atom is -0.296 e. The van der Waals surface area contributed by atoms with Crippen LogP contribution in [0.15, 0.2) is 78.4 Å². The molecule has 2 aromatic heterocycles. The summed E-state index contributed by atoms with van der Waals surface area (Å²) in [5.74, 6) is 0. The molecule has 0 saturated carbocycles. The van der Waals surface area contributed by atoms with Crippen LogP contribution >= 0.6 is 11.3 Å². The minimum atomic E-state index is 0.934. The zero-order chi connectivity index (χ0) is 20.2. The molecule has 152 valence electrons. The van der Waals surface area contributed by atoms with Gasteiger partial charge in [0.1, 0.15) is 5.01 Å². The monoisotopic (exact) mass is 415 g/mol. The van der Waals surface area contributed by atoms with Crippen molar-refractivity contribution >= 4 is 11.3 Å². The molecule has 30 heavy (non-hydrogen) atoms. The van der Waals surface area contributed by atoms with Gasteiger partial charge in [0, 0.05) is 62.0 Å². The smallest absolute Gasteiger partial charge is 0.123 e. The number of piperazine rings is 1. The molecule has 6 heteroatoms. The lowest BCUT2D eigenvalue weighted by molar-refractivity contribution is 0.121. The van der Waals surface area contributed by atoms with Crippen LogP contribution in [0.4, 0.5) is 0 Å². The molecule has 0 unspecified atom stereocenters. The third-order valence-corrected chi connectivity index (χ3v) is 6.43. The summed E-state index contributed by atoms with van der Waals surface area (Å²) in [7, 11) is 0. The predicted molar refractivity (Wildman–Crippen MR) is 122 cm³/mol. The van der Waals surface area contributed by atoms with Crippen LogP contribution < -0.4 is 0 Å². The number of hydrogen-bond acceptors (Lipinski definition) is 5. The Kier molecular flexibility index (Phi) is 5.70. The maximum atomic E-state index is 4.85. The second kappa shape index (κ2) is 8.92. The maximum absolute atomic E-state index is 4.85. The first-order chi connectivity index (χ1) is 14.8. The van der Waals surface area contributed by atoms with Crippen LogP contribution in [-0.2, 0) is 13.1 Å². The molecular weight excluding hydrogens is 390 g/mol. The second-order valence-electron chi connectivity index (χ2n) is 7.69. The highest BCUT2D eigenvalue weighted by molar-refractivity contribution is 7.13. The van der Waals surface area contributed by atoms with Gasteiger partial charge in [0.15, 0.2) is 0 Å². The van der Waals surface area contributed by atoms with Crippen molar-refractivity contribution in [3.8, 4) is 16.3 Å². The fraction of sp³-hybridized carbons (Fsp3) is 0.250. The summed E-state index contributed by atoms with van der Waals surface area (Å²) in [6.45, 7) is 6.19. The van der Waals surface area contributed by atoms with Gasteiger partial charge in [0.25, 0.3) is 0 Å². The van der Waals surface area contributed by atoms with Gasteiger partial charge in [-0.1, -0.05) is 48.5 Å². The molecule has 0 amide bonds. The molecule has 0 bridgehead atoms. The van der Waals surface area contributed by atoms with Crippen LogP contribution in [0.25, 0.3) is 16.3 Å². The molecule has 0 spiro atoms. The van der Waals surface area contributed by atoms with Gasteiger partial charge in [-0.05, 0) is 12.1 Å². The normalized spacial score (nSPS) is 15.5. The second-order valence-corrected chi connectivity index (χ2v) is 8.55. The van der Waals surface area contributed by atoms with Crippen molar-refractivity contribution in [2.45, 2.75) is 13.1 Å². The molecule has 0 N–H and O–H groups in total. The Labute approximate surface area is 181 Å². The first-order valence-corrected chi connectivity index (χ1v) is 11.2. The van der Waals surface area contributed by atoms with Crippen molar-refractivity contribution in [3.05, 3.63) is 89.7 Å². The van der Waals surface area contributed by atoms with Crippen molar-refractivity contribution in [2.24, 2.45) is 0 Å². The van der Waals surface area contributed by atoms with Gasteiger partial charge in [0.05, 0.1) is 17.6 Å². The zero-order valence-electron chi connectivity index (χ0n) is 16.9. The molecule has 4 aromatic rings. The average Bonchev–Trinajstić information content (AvgIpc) is 3.46. The Morgan fingerprint density at radius 1 is 0.800 bits per heavy atom. The lowest BCUT2D eigenvalue weighted by Crippen LogP contribution is -2.45. The molecule has 1 aliphatic heterocycles. The Hall–Kier alpha value is -2.80. The van der Waals surface area contributed by atoms with Crippen molar-refractivity contribution < 1.29 is 0 Å². The molecule has 5 nitrogen and oxygen atoms in total. The van der Waals surface area contributed by atoms with E-state index in [0.717, 1.165) is 50.0 Å². The van der Waals surface area contributed by atoms with Crippen LogP contribution in [0.1, 0.15) is 11.3 Å². The van der Waals surface area contributed by atoms with E-state index in [1.54, 1.807) is 11.3 Å². The molecule has 0 atom stereocenters. The van der Waals surface area contributed by atoms with Crippen molar-refractivity contribution in [3.63, 3.8) is 0 Å². The Balaban J connectivity index is 1.13. The standard InChI is InChI=1S/C24H25N5S/c1-3-7-21(8-4-1)24-26-22(19-30-24)18-28-13-11-27(12-14-28)16-20-15-25-29(17-20)23-9-5-2-6-10-23/h1-10,15,17,19H,11-14,16,18H2. The summed E-state index contributed by atoms with van der Waals surface area (Å²) in [4.78, 5) is 9.87. The topological polar surface area (TPSA) is 37.2 Å². The molecule has 2 aromatic carbocycles. The Morgan fingerprint density at radius 3 is 2.20 bits per heavy atom. The molecule has 3 heterocycles. The summed E-state index contributed by atoms with van der Waals surface area (Å²) >= 11 is 1.74. The first-order valence-electron chi connectivity index (χ1n) is 10.4. The number of thiazole rings is 1. The number of aromatic nitrogens is 3. The number of benzene rings is 2. The molecule has 0 radical (unpaired) electrons. The zero-order valence-corrected chi connectivity index (χ0v) is 17.7. The van der Waals surface area contributed by atoms with Gasteiger partial charge in [-0.2, -0.15) is 5.10 Å². The highest BCUT2D eigenvalue weighted by atomic mass is 32.1. The molecule has 0 aliphatic carbocycles. The molecular formula is C24H25N5S. The van der Waals surface area contributed by atoms with E-state index in [9.17, 15) is 0 Å². The summed E-state index contributed by atoms with van der Waals surface area (Å²) in [6.07, 6.45) is 4.13. The molecule has 5 rings (SSSR count). The Bertz CT molecular complexity index is 977. The third kappa shape index (κ3) is 4.51. The highest BCUT2D eigenvalue weighted by Gasteiger charge is 2.18. The molecule has 1 fully saturated rings. The summed E-state index contributed by atoms with van der Waals surface area (Å²) < 4.78 is 1.96.